The molecule has 0 aliphatic carbocycles. The largest absolute Gasteiger partial charge is 0.343 e. The molecule has 0 heterocycles. The molecule has 5 nitrogen and oxygen atoms in total. The summed E-state index contributed by atoms with van der Waals surface area (Å²) in [6, 6.07) is 26.8. The van der Waals surface area contributed by atoms with Crippen molar-refractivity contribution in [1.82, 2.24) is 9.62 Å². The van der Waals surface area contributed by atoms with Crippen LogP contribution in [-0.4, -0.2) is 31.9 Å². The third-order valence-electron chi connectivity index (χ3n) is 4.80. The Hall–Kier alpha value is -2.96. The molecular formula is C23H24N2O3S. The van der Waals surface area contributed by atoms with Gasteiger partial charge >= 0.3 is 0 Å². The Morgan fingerprint density at radius 3 is 1.52 bits per heavy atom. The summed E-state index contributed by atoms with van der Waals surface area (Å²) < 4.78 is 25.5. The van der Waals surface area contributed by atoms with Gasteiger partial charge in [0.15, 0.2) is 0 Å². The van der Waals surface area contributed by atoms with Crippen LogP contribution in [0.5, 0.6) is 0 Å². The van der Waals surface area contributed by atoms with Crippen LogP contribution in [0.1, 0.15) is 28.8 Å². The Morgan fingerprint density at radius 1 is 0.759 bits per heavy atom. The van der Waals surface area contributed by atoms with Gasteiger partial charge in [-0.2, -0.15) is 4.31 Å². The van der Waals surface area contributed by atoms with Crippen molar-refractivity contribution < 1.29 is 13.2 Å². The third-order valence-corrected chi connectivity index (χ3v) is 6.06. The lowest BCUT2D eigenvalue weighted by atomic mass is 9.97. The molecule has 1 amide bonds. The molecule has 29 heavy (non-hydrogen) atoms. The number of amides is 1. The highest BCUT2D eigenvalue weighted by atomic mass is 32.2. The summed E-state index contributed by atoms with van der Waals surface area (Å²) >= 11 is 0. The van der Waals surface area contributed by atoms with E-state index in [-0.39, 0.29) is 5.91 Å². The molecule has 1 N–H and O–H groups in total. The molecule has 0 bridgehead atoms. The topological polar surface area (TPSA) is 66.5 Å². The monoisotopic (exact) mass is 408 g/mol. The molecule has 0 aliphatic rings. The molecule has 3 rings (SSSR count). The molecule has 0 aliphatic heterocycles. The highest BCUT2D eigenvalue weighted by Crippen LogP contribution is 2.26. The number of nitrogens with zero attached hydrogens (tertiary/aromatic N) is 1. The van der Waals surface area contributed by atoms with E-state index in [1.807, 2.05) is 66.7 Å². The van der Waals surface area contributed by atoms with Gasteiger partial charge < -0.3 is 5.32 Å². The van der Waals surface area contributed by atoms with Gasteiger partial charge in [0, 0.05) is 7.05 Å². The molecule has 0 radical (unpaired) electrons. The summed E-state index contributed by atoms with van der Waals surface area (Å²) in [5.41, 5.74) is 2.44. The van der Waals surface area contributed by atoms with Gasteiger partial charge in [0.25, 0.3) is 0 Å². The van der Waals surface area contributed by atoms with Crippen molar-refractivity contribution in [3.05, 3.63) is 108 Å². The first kappa shape index (κ1) is 20.8. The molecule has 1 atom stereocenters. The first-order valence-electron chi connectivity index (χ1n) is 9.26. The van der Waals surface area contributed by atoms with Gasteiger partial charge in [-0.05, 0) is 16.7 Å². The van der Waals surface area contributed by atoms with Crippen molar-refractivity contribution in [1.29, 1.82) is 0 Å². The van der Waals surface area contributed by atoms with E-state index in [2.05, 4.69) is 5.32 Å². The van der Waals surface area contributed by atoms with E-state index in [1.165, 1.54) is 7.05 Å². The van der Waals surface area contributed by atoms with Crippen LogP contribution in [0.15, 0.2) is 91.0 Å². The van der Waals surface area contributed by atoms with Gasteiger partial charge in [-0.3, -0.25) is 4.79 Å². The van der Waals surface area contributed by atoms with Crippen molar-refractivity contribution in [2.75, 3.05) is 13.3 Å². The second-order valence-electron chi connectivity index (χ2n) is 6.86. The fourth-order valence-corrected chi connectivity index (χ4v) is 3.82. The fraction of sp³-hybridized carbons (Fsp3) is 0.174. The average Bonchev–Trinajstić information content (AvgIpc) is 2.73. The van der Waals surface area contributed by atoms with Gasteiger partial charge in [0.2, 0.25) is 15.9 Å². The van der Waals surface area contributed by atoms with Crippen molar-refractivity contribution in [3.8, 4) is 0 Å². The number of likely N-dealkylation sites (N-methyl/N-ethyl adjacent to an activating group) is 1. The smallest absolute Gasteiger partial charge is 0.243 e. The molecule has 6 heteroatoms. The molecule has 0 saturated heterocycles. The van der Waals surface area contributed by atoms with E-state index >= 15 is 0 Å². The van der Waals surface area contributed by atoms with E-state index in [4.69, 9.17) is 0 Å². The Labute approximate surface area is 172 Å². The normalized spacial score (nSPS) is 12.7. The van der Waals surface area contributed by atoms with E-state index in [9.17, 15) is 13.2 Å². The summed E-state index contributed by atoms with van der Waals surface area (Å²) in [4.78, 5) is 13.4. The SMILES string of the molecule is CN([C@@H](C(=O)NC(c1ccccc1)c1ccccc1)c1ccccc1)S(C)(=O)=O. The summed E-state index contributed by atoms with van der Waals surface area (Å²) in [6.07, 6.45) is 1.10. The predicted octanol–water partition coefficient (Wildman–Crippen LogP) is 3.52. The molecule has 0 saturated carbocycles. The standard InChI is InChI=1S/C23H24N2O3S/c1-25(29(2,27)28)22(20-16-10-5-11-17-20)23(26)24-21(18-12-6-3-7-13-18)19-14-8-4-9-15-19/h3-17,21-22H,1-2H3,(H,24,26)/t22-/m1/s1. The van der Waals surface area contributed by atoms with Crippen LogP contribution in [0.2, 0.25) is 0 Å². The molecular weight excluding hydrogens is 384 g/mol. The Kier molecular flexibility index (Phi) is 6.46. The van der Waals surface area contributed by atoms with Gasteiger partial charge in [-0.1, -0.05) is 91.0 Å². The fourth-order valence-electron chi connectivity index (χ4n) is 3.22. The van der Waals surface area contributed by atoms with Gasteiger partial charge in [-0.15, -0.1) is 0 Å². The van der Waals surface area contributed by atoms with Crippen molar-refractivity contribution in [2.45, 2.75) is 12.1 Å². The number of carbonyl (C=O) groups is 1. The van der Waals surface area contributed by atoms with E-state index in [1.54, 1.807) is 24.3 Å². The van der Waals surface area contributed by atoms with Crippen molar-refractivity contribution in [2.24, 2.45) is 0 Å². The second kappa shape index (κ2) is 9.03. The minimum absolute atomic E-state index is 0.387. The molecule has 150 valence electrons. The molecule has 3 aromatic rings. The number of hydrogen-bond donors (Lipinski definition) is 1. The Bertz CT molecular complexity index is 1000. The lowest BCUT2D eigenvalue weighted by molar-refractivity contribution is -0.125. The summed E-state index contributed by atoms with van der Waals surface area (Å²) in [5, 5.41) is 3.06. The highest BCUT2D eigenvalue weighted by Gasteiger charge is 2.32. The summed E-state index contributed by atoms with van der Waals surface area (Å²) in [6.45, 7) is 0. The van der Waals surface area contributed by atoms with Crippen LogP contribution >= 0.6 is 0 Å². The lowest BCUT2D eigenvalue weighted by Crippen LogP contribution is -2.42. The number of hydrogen-bond acceptors (Lipinski definition) is 3. The van der Waals surface area contributed by atoms with Crippen LogP contribution in [0.3, 0.4) is 0 Å². The quantitative estimate of drug-likeness (QED) is 0.650. The number of nitrogens with one attached hydrogen (secondary N) is 1. The van der Waals surface area contributed by atoms with Crippen molar-refractivity contribution in [3.63, 3.8) is 0 Å². The highest BCUT2D eigenvalue weighted by molar-refractivity contribution is 7.88. The zero-order chi connectivity index (χ0) is 20.9. The molecule has 0 unspecified atom stereocenters. The van der Waals surface area contributed by atoms with Crippen LogP contribution in [0, 0.1) is 0 Å². The number of sulfonamides is 1. The van der Waals surface area contributed by atoms with E-state index in [0.29, 0.717) is 5.56 Å². The Balaban J connectivity index is 2.00. The lowest BCUT2D eigenvalue weighted by Gasteiger charge is -2.28. The molecule has 0 fully saturated rings. The van der Waals surface area contributed by atoms with Gasteiger partial charge in [-0.25, -0.2) is 8.42 Å². The van der Waals surface area contributed by atoms with Crippen molar-refractivity contribution >= 4 is 15.9 Å². The zero-order valence-electron chi connectivity index (χ0n) is 16.4. The predicted molar refractivity (Wildman–Crippen MR) is 115 cm³/mol. The molecule has 0 spiro atoms. The van der Waals surface area contributed by atoms with Crippen LogP contribution < -0.4 is 5.32 Å². The van der Waals surface area contributed by atoms with Crippen LogP contribution in [-0.2, 0) is 14.8 Å². The zero-order valence-corrected chi connectivity index (χ0v) is 17.2. The number of carbonyl (C=O) groups excluding carboxylic acids is 1. The average molecular weight is 409 g/mol. The maximum Gasteiger partial charge on any atom is 0.243 e. The minimum atomic E-state index is -3.59. The maximum absolute atomic E-state index is 13.4. The number of benzene rings is 3. The van der Waals surface area contributed by atoms with Gasteiger partial charge in [0.05, 0.1) is 12.3 Å². The van der Waals surface area contributed by atoms with Crippen LogP contribution in [0.4, 0.5) is 0 Å². The molecule has 0 aromatic heterocycles. The minimum Gasteiger partial charge on any atom is -0.343 e. The molecule has 3 aromatic carbocycles. The summed E-state index contributed by atoms with van der Waals surface area (Å²) in [7, 11) is -2.16. The Morgan fingerprint density at radius 2 is 1.14 bits per heavy atom. The van der Waals surface area contributed by atoms with E-state index in [0.717, 1.165) is 21.7 Å². The first-order valence-corrected chi connectivity index (χ1v) is 11.1. The van der Waals surface area contributed by atoms with E-state index < -0.39 is 22.1 Å². The first-order chi connectivity index (χ1) is 13.9. The third kappa shape index (κ3) is 5.10. The number of rotatable bonds is 7. The maximum atomic E-state index is 13.4. The van der Waals surface area contributed by atoms with Crippen LogP contribution in [0.25, 0.3) is 0 Å². The second-order valence-corrected chi connectivity index (χ2v) is 8.90. The van der Waals surface area contributed by atoms with Gasteiger partial charge in [0.1, 0.15) is 6.04 Å². The summed E-state index contributed by atoms with van der Waals surface area (Å²) in [5.74, 6) is -0.387.